The van der Waals surface area contributed by atoms with Gasteiger partial charge < -0.3 is 41.2 Å². The fourth-order valence-corrected chi connectivity index (χ4v) is 6.32. The molecule has 0 bridgehead atoms. The number of nitrogens with two attached hydrogens (primary N) is 1. The number of aliphatic hydroxyl groups is 2. The SMILES string of the molecule is COCCNCC(=O)Nc1cc(F)c2c(c1O)C(=O)C1=C(O)[C@]3(OC)CC(C(N)=O)=C(O)[C@@H](N(C)C)[C@@H]3C[C@@H]1C2. The number of fused-ring (bicyclic) bond motifs is 3. The first-order chi connectivity index (χ1) is 18.9. The molecule has 0 saturated heterocycles. The minimum absolute atomic E-state index is 0.0315. The predicted molar refractivity (Wildman–Crippen MR) is 141 cm³/mol. The maximum atomic E-state index is 15.4. The van der Waals surface area contributed by atoms with Crippen molar-refractivity contribution in [2.24, 2.45) is 17.6 Å². The number of phenols is 1. The third-order valence-corrected chi connectivity index (χ3v) is 8.15. The summed E-state index contributed by atoms with van der Waals surface area (Å²) < 4.78 is 26.1. The van der Waals surface area contributed by atoms with E-state index in [0.29, 0.717) is 13.2 Å². The number of aromatic hydroxyl groups is 1. The van der Waals surface area contributed by atoms with Crippen LogP contribution in [0.2, 0.25) is 0 Å². The molecule has 0 aliphatic heterocycles. The van der Waals surface area contributed by atoms with Crippen molar-refractivity contribution >= 4 is 23.3 Å². The Morgan fingerprint density at radius 2 is 1.95 bits per heavy atom. The van der Waals surface area contributed by atoms with Gasteiger partial charge in [0.25, 0.3) is 0 Å². The monoisotopic (exact) mass is 562 g/mol. The molecule has 0 heterocycles. The van der Waals surface area contributed by atoms with E-state index in [1.807, 2.05) is 0 Å². The van der Waals surface area contributed by atoms with E-state index in [1.54, 1.807) is 19.0 Å². The molecule has 1 aromatic carbocycles. The first-order valence-electron chi connectivity index (χ1n) is 12.8. The van der Waals surface area contributed by atoms with E-state index in [9.17, 15) is 29.7 Å². The number of carbonyl (C=O) groups excluding carboxylic acids is 3. The fourth-order valence-electron chi connectivity index (χ4n) is 6.32. The highest BCUT2D eigenvalue weighted by atomic mass is 19.1. The number of benzene rings is 1. The summed E-state index contributed by atoms with van der Waals surface area (Å²) in [4.78, 5) is 40.1. The number of phenolic OH excluding ortho intramolecular Hbond substituents is 1. The summed E-state index contributed by atoms with van der Waals surface area (Å²) in [6.07, 6.45) is -0.117. The molecule has 7 N–H and O–H groups in total. The first kappa shape index (κ1) is 29.5. The van der Waals surface area contributed by atoms with E-state index in [4.69, 9.17) is 15.2 Å². The molecule has 4 rings (SSSR count). The van der Waals surface area contributed by atoms with Crippen molar-refractivity contribution in [3.05, 3.63) is 45.7 Å². The van der Waals surface area contributed by atoms with E-state index in [1.165, 1.54) is 14.2 Å². The van der Waals surface area contributed by atoms with Crippen molar-refractivity contribution in [1.82, 2.24) is 10.2 Å². The molecule has 0 radical (unpaired) electrons. The van der Waals surface area contributed by atoms with Gasteiger partial charge in [-0.3, -0.25) is 19.3 Å². The fraction of sp³-hybridized carbons (Fsp3) is 0.519. The van der Waals surface area contributed by atoms with E-state index >= 15 is 4.39 Å². The van der Waals surface area contributed by atoms with Crippen LogP contribution < -0.4 is 16.4 Å². The quantitative estimate of drug-likeness (QED) is 0.187. The van der Waals surface area contributed by atoms with Gasteiger partial charge in [-0.1, -0.05) is 0 Å². The molecule has 3 aliphatic carbocycles. The largest absolute Gasteiger partial charge is 0.510 e. The lowest BCUT2D eigenvalue weighted by Crippen LogP contribution is -2.60. The van der Waals surface area contributed by atoms with Crippen LogP contribution in [-0.2, 0) is 25.5 Å². The van der Waals surface area contributed by atoms with Crippen LogP contribution in [0.1, 0.15) is 28.8 Å². The Morgan fingerprint density at radius 3 is 2.55 bits per heavy atom. The Balaban J connectivity index is 1.77. The van der Waals surface area contributed by atoms with Crippen molar-refractivity contribution in [2.45, 2.75) is 30.9 Å². The van der Waals surface area contributed by atoms with Crippen molar-refractivity contribution in [3.8, 4) is 5.75 Å². The number of Topliss-reactive ketones (excluding diaryl/α,β-unsaturated/α-hetero) is 1. The second-order valence-electron chi connectivity index (χ2n) is 10.6. The van der Waals surface area contributed by atoms with Gasteiger partial charge in [-0.2, -0.15) is 0 Å². The van der Waals surface area contributed by atoms with Gasteiger partial charge in [-0.15, -0.1) is 0 Å². The van der Waals surface area contributed by atoms with Crippen molar-refractivity contribution in [3.63, 3.8) is 0 Å². The molecule has 1 aromatic rings. The highest BCUT2D eigenvalue weighted by molar-refractivity contribution is 6.15. The molecule has 0 aromatic heterocycles. The van der Waals surface area contributed by atoms with Gasteiger partial charge in [0.2, 0.25) is 11.8 Å². The number of aliphatic hydroxyl groups excluding tert-OH is 2. The van der Waals surface area contributed by atoms with Crippen LogP contribution in [0.15, 0.2) is 28.7 Å². The third-order valence-electron chi connectivity index (χ3n) is 8.15. The highest BCUT2D eigenvalue weighted by Gasteiger charge is 2.59. The Kier molecular flexibility index (Phi) is 8.22. The molecule has 4 atom stereocenters. The third kappa shape index (κ3) is 4.72. The number of rotatable bonds is 9. The molecular formula is C27H35FN4O8. The van der Waals surface area contributed by atoms with Crippen LogP contribution in [0.3, 0.4) is 0 Å². The number of amides is 2. The number of nitrogens with zero attached hydrogens (tertiary/aromatic N) is 1. The average molecular weight is 563 g/mol. The zero-order valence-electron chi connectivity index (χ0n) is 22.8. The lowest BCUT2D eigenvalue weighted by atomic mass is 9.59. The Morgan fingerprint density at radius 1 is 1.25 bits per heavy atom. The minimum atomic E-state index is -1.58. The number of hydrogen-bond donors (Lipinski definition) is 6. The van der Waals surface area contributed by atoms with E-state index < -0.39 is 58.4 Å². The maximum Gasteiger partial charge on any atom is 0.248 e. The van der Waals surface area contributed by atoms with E-state index in [0.717, 1.165) is 6.07 Å². The molecular weight excluding hydrogens is 527 g/mol. The number of methoxy groups -OCH3 is 2. The van der Waals surface area contributed by atoms with Gasteiger partial charge in [0.15, 0.2) is 11.5 Å². The zero-order valence-corrected chi connectivity index (χ0v) is 22.8. The maximum absolute atomic E-state index is 15.4. The summed E-state index contributed by atoms with van der Waals surface area (Å²) in [5, 5.41) is 38.8. The number of ketones is 1. The van der Waals surface area contributed by atoms with Crippen LogP contribution >= 0.6 is 0 Å². The average Bonchev–Trinajstić information content (AvgIpc) is 2.89. The Bertz CT molecular complexity index is 1310. The van der Waals surface area contributed by atoms with Crippen molar-refractivity contribution in [1.29, 1.82) is 0 Å². The number of ether oxygens (including phenoxy) is 2. The number of primary amides is 1. The first-order valence-corrected chi connectivity index (χ1v) is 12.8. The normalized spacial score (nSPS) is 25.9. The number of likely N-dealkylation sites (N-methyl/N-ethyl adjacent to an activating group) is 1. The number of anilines is 1. The van der Waals surface area contributed by atoms with Crippen molar-refractivity contribution in [2.75, 3.05) is 53.3 Å². The van der Waals surface area contributed by atoms with Crippen molar-refractivity contribution < 1.29 is 43.6 Å². The molecule has 40 heavy (non-hydrogen) atoms. The number of hydrogen-bond acceptors (Lipinski definition) is 10. The molecule has 12 nitrogen and oxygen atoms in total. The molecule has 3 aliphatic rings. The summed E-state index contributed by atoms with van der Waals surface area (Å²) in [6, 6.07) is 0.173. The number of halogens is 1. The molecule has 0 unspecified atom stereocenters. The second-order valence-corrected chi connectivity index (χ2v) is 10.6. The summed E-state index contributed by atoms with van der Waals surface area (Å²) in [5.41, 5.74) is 3.06. The van der Waals surface area contributed by atoms with Crippen LogP contribution in [0, 0.1) is 17.7 Å². The highest BCUT2D eigenvalue weighted by Crippen LogP contribution is 2.55. The topological polar surface area (TPSA) is 184 Å². The Labute approximate surface area is 230 Å². The molecule has 0 fully saturated rings. The van der Waals surface area contributed by atoms with Gasteiger partial charge in [0.05, 0.1) is 36.0 Å². The van der Waals surface area contributed by atoms with Crippen LogP contribution in [-0.4, -0.2) is 97.5 Å². The molecule has 2 amide bonds. The van der Waals surface area contributed by atoms with Crippen LogP contribution in [0.5, 0.6) is 5.75 Å². The van der Waals surface area contributed by atoms with Gasteiger partial charge in [-0.25, -0.2) is 4.39 Å². The lowest BCUT2D eigenvalue weighted by Gasteiger charge is -2.53. The zero-order chi connectivity index (χ0) is 29.5. The standard InChI is InChI=1S/C27H35FN4O8/c1-32(2)21-15-8-12-7-13-16(28)9-17(31-18(33)11-30-5-6-39-3)23(35)20(13)24(36)19(12)25(37)27(15,40-4)10-14(22(21)34)26(29)38/h9,12,15,21,30,34-35,37H,5-8,10-11H2,1-4H3,(H2,29,38)(H,31,33)/t12-,15-,21-,27-/m0/s1. The molecule has 218 valence electrons. The van der Waals surface area contributed by atoms with Crippen LogP contribution in [0.25, 0.3) is 0 Å². The minimum Gasteiger partial charge on any atom is -0.510 e. The predicted octanol–water partition coefficient (Wildman–Crippen LogP) is 0.909. The molecule has 13 heteroatoms. The smallest absolute Gasteiger partial charge is 0.248 e. The van der Waals surface area contributed by atoms with E-state index in [-0.39, 0.29) is 59.5 Å². The van der Waals surface area contributed by atoms with Gasteiger partial charge in [-0.05, 0) is 32.9 Å². The van der Waals surface area contributed by atoms with Gasteiger partial charge in [0.1, 0.15) is 22.9 Å². The van der Waals surface area contributed by atoms with Crippen LogP contribution in [0.4, 0.5) is 10.1 Å². The summed E-state index contributed by atoms with van der Waals surface area (Å²) >= 11 is 0. The number of allylic oxidation sites excluding steroid dienone is 1. The number of carbonyl (C=O) groups is 3. The van der Waals surface area contributed by atoms with E-state index in [2.05, 4.69) is 10.6 Å². The number of nitrogens with one attached hydrogen (secondary N) is 2. The summed E-state index contributed by atoms with van der Waals surface area (Å²) in [7, 11) is 6.20. The molecule has 0 spiro atoms. The lowest BCUT2D eigenvalue weighted by molar-refractivity contribution is -0.122. The van der Waals surface area contributed by atoms with Gasteiger partial charge in [0, 0.05) is 50.3 Å². The summed E-state index contributed by atoms with van der Waals surface area (Å²) in [5.74, 6) is -5.69. The van der Waals surface area contributed by atoms with Gasteiger partial charge >= 0.3 is 0 Å². The molecule has 0 saturated carbocycles. The summed E-state index contributed by atoms with van der Waals surface area (Å²) in [6.45, 7) is 0.621. The Hall–Kier alpha value is -3.52. The second kappa shape index (κ2) is 11.2.